The molecule has 1 N–H and O–H groups in total. The number of rotatable bonds is 4. The van der Waals surface area contributed by atoms with Gasteiger partial charge in [0.15, 0.2) is 0 Å². The molecule has 2 amide bonds. The smallest absolute Gasteiger partial charge is 0.330 e. The topological polar surface area (TPSA) is 48.5 Å². The summed E-state index contributed by atoms with van der Waals surface area (Å²) in [5, 5.41) is 3.37. The van der Waals surface area contributed by atoms with E-state index in [0.29, 0.717) is 13.1 Å². The van der Waals surface area contributed by atoms with Crippen molar-refractivity contribution in [3.05, 3.63) is 77.9 Å². The summed E-state index contributed by atoms with van der Waals surface area (Å²) in [6.07, 6.45) is 9.80. The number of nitrogens with one attached hydrogen (secondary N) is 1. The minimum atomic E-state index is -0.0198. The third-order valence-corrected chi connectivity index (χ3v) is 5.19. The highest BCUT2D eigenvalue weighted by molar-refractivity contribution is 7.98. The Labute approximate surface area is 157 Å². The number of pyridine rings is 1. The van der Waals surface area contributed by atoms with Crippen molar-refractivity contribution in [3.8, 4) is 0 Å². The lowest BCUT2D eigenvalue weighted by Crippen LogP contribution is -2.51. The van der Waals surface area contributed by atoms with E-state index >= 15 is 0 Å². The number of nitrogens with zero attached hydrogens (tertiary/aromatic N) is 3. The number of hydrogen-bond donors (Lipinski definition) is 1. The van der Waals surface area contributed by atoms with Crippen LogP contribution in [0.1, 0.15) is 5.56 Å². The molecule has 132 valence electrons. The van der Waals surface area contributed by atoms with Crippen LogP contribution in [0.5, 0.6) is 0 Å². The highest BCUT2D eigenvalue weighted by atomic mass is 32.2. The summed E-state index contributed by atoms with van der Waals surface area (Å²) in [5.74, 6) is 0.887. The first-order valence-electron chi connectivity index (χ1n) is 8.52. The Morgan fingerprint density at radius 2 is 2.19 bits per heavy atom. The van der Waals surface area contributed by atoms with Crippen LogP contribution in [0.15, 0.2) is 77.2 Å². The average Bonchev–Trinajstić information content (AvgIpc) is 2.69. The first-order valence-corrected chi connectivity index (χ1v) is 9.74. The number of thioether (sulfide) groups is 1. The van der Waals surface area contributed by atoms with Gasteiger partial charge in [0.05, 0.1) is 12.2 Å². The number of hydrogen-bond acceptors (Lipinski definition) is 4. The molecule has 3 heterocycles. The maximum atomic E-state index is 13.3. The Kier molecular flexibility index (Phi) is 4.67. The van der Waals surface area contributed by atoms with Gasteiger partial charge in [-0.05, 0) is 36.1 Å². The predicted molar refractivity (Wildman–Crippen MR) is 105 cm³/mol. The van der Waals surface area contributed by atoms with Gasteiger partial charge in [-0.25, -0.2) is 9.69 Å². The molecular formula is C20H20N4OS. The molecule has 0 atom stereocenters. The molecule has 0 fully saturated rings. The molecule has 0 saturated carbocycles. The van der Waals surface area contributed by atoms with Gasteiger partial charge in [-0.15, -0.1) is 11.8 Å². The van der Waals surface area contributed by atoms with Crippen LogP contribution in [0.3, 0.4) is 0 Å². The molecule has 0 aliphatic carbocycles. The Morgan fingerprint density at radius 3 is 3.00 bits per heavy atom. The predicted octanol–water partition coefficient (Wildman–Crippen LogP) is 3.62. The second-order valence-electron chi connectivity index (χ2n) is 6.19. The zero-order valence-electron chi connectivity index (χ0n) is 14.6. The fraction of sp³-hybridized carbons (Fsp3) is 0.200. The Morgan fingerprint density at radius 1 is 1.27 bits per heavy atom. The molecule has 1 aromatic carbocycles. The average molecular weight is 364 g/mol. The van der Waals surface area contributed by atoms with Crippen LogP contribution in [0, 0.1) is 0 Å². The van der Waals surface area contributed by atoms with E-state index < -0.39 is 0 Å². The van der Waals surface area contributed by atoms with Gasteiger partial charge >= 0.3 is 6.03 Å². The fourth-order valence-electron chi connectivity index (χ4n) is 3.23. The first-order chi connectivity index (χ1) is 12.8. The number of amides is 2. The summed E-state index contributed by atoms with van der Waals surface area (Å²) < 4.78 is 0. The third kappa shape index (κ3) is 3.20. The maximum absolute atomic E-state index is 13.3. The fourth-order valence-corrected chi connectivity index (χ4v) is 3.69. The van der Waals surface area contributed by atoms with Crippen molar-refractivity contribution in [2.75, 3.05) is 24.2 Å². The molecule has 0 bridgehead atoms. The van der Waals surface area contributed by atoms with E-state index in [1.54, 1.807) is 22.9 Å². The zero-order valence-corrected chi connectivity index (χ0v) is 15.4. The molecule has 5 nitrogen and oxygen atoms in total. The normalized spacial score (nSPS) is 16.6. The van der Waals surface area contributed by atoms with Crippen molar-refractivity contribution in [1.82, 2.24) is 15.2 Å². The van der Waals surface area contributed by atoms with Crippen LogP contribution < -0.4 is 10.2 Å². The molecule has 2 aliphatic rings. The van der Waals surface area contributed by atoms with Gasteiger partial charge in [0.25, 0.3) is 0 Å². The lowest BCUT2D eigenvalue weighted by molar-refractivity contribution is 0.204. The molecule has 0 spiro atoms. The second-order valence-corrected chi connectivity index (χ2v) is 7.07. The molecule has 0 unspecified atom stereocenters. The number of urea groups is 1. The van der Waals surface area contributed by atoms with Gasteiger partial charge in [0, 0.05) is 36.0 Å². The van der Waals surface area contributed by atoms with Crippen LogP contribution in [-0.4, -0.2) is 35.3 Å². The molecular weight excluding hydrogens is 344 g/mol. The van der Waals surface area contributed by atoms with Gasteiger partial charge < -0.3 is 10.2 Å². The molecule has 4 rings (SSSR count). The second kappa shape index (κ2) is 7.25. The van der Waals surface area contributed by atoms with E-state index in [-0.39, 0.29) is 6.03 Å². The van der Waals surface area contributed by atoms with E-state index in [4.69, 9.17) is 0 Å². The van der Waals surface area contributed by atoms with Gasteiger partial charge in [0.1, 0.15) is 5.82 Å². The largest absolute Gasteiger partial charge is 0.367 e. The third-order valence-electron chi connectivity index (χ3n) is 4.46. The van der Waals surface area contributed by atoms with Crippen molar-refractivity contribution in [1.29, 1.82) is 0 Å². The number of carbonyl (C=O) groups excluding carboxylic acids is 1. The van der Waals surface area contributed by atoms with Crippen LogP contribution in [0.4, 0.5) is 10.5 Å². The summed E-state index contributed by atoms with van der Waals surface area (Å²) in [6.45, 7) is 1.86. The lowest BCUT2D eigenvalue weighted by atomic mass is 10.1. The molecule has 2 aromatic rings. The van der Waals surface area contributed by atoms with Crippen molar-refractivity contribution < 1.29 is 4.79 Å². The standard InChI is InChI=1S/C20H20N4OS/c1-26-18-8-2-7-17(11-18)24-19-16(6-4-10-22-19)14-23(20(24)25)13-15-5-3-9-21-12-15/h2-9,11-12,22H,10,13-14H2,1H3. The highest BCUT2D eigenvalue weighted by Crippen LogP contribution is 2.31. The van der Waals surface area contributed by atoms with Gasteiger partial charge in [-0.3, -0.25) is 4.98 Å². The number of dihydropyridines is 1. The number of aromatic nitrogens is 1. The molecule has 2 aliphatic heterocycles. The Bertz CT molecular complexity index is 878. The summed E-state index contributed by atoms with van der Waals surface area (Å²) in [5.41, 5.74) is 3.03. The summed E-state index contributed by atoms with van der Waals surface area (Å²) >= 11 is 1.67. The van der Waals surface area contributed by atoms with Gasteiger partial charge in [-0.2, -0.15) is 0 Å². The van der Waals surface area contributed by atoms with Crippen molar-refractivity contribution in [2.45, 2.75) is 11.4 Å². The number of carbonyl (C=O) groups is 1. The van der Waals surface area contributed by atoms with E-state index in [9.17, 15) is 4.79 Å². The van der Waals surface area contributed by atoms with Crippen LogP contribution in [-0.2, 0) is 6.54 Å². The van der Waals surface area contributed by atoms with Crippen LogP contribution in [0.25, 0.3) is 0 Å². The highest BCUT2D eigenvalue weighted by Gasteiger charge is 2.33. The van der Waals surface area contributed by atoms with Crippen LogP contribution >= 0.6 is 11.8 Å². The zero-order chi connectivity index (χ0) is 17.9. The maximum Gasteiger partial charge on any atom is 0.330 e. The summed E-state index contributed by atoms with van der Waals surface area (Å²) in [7, 11) is 0. The number of anilines is 1. The van der Waals surface area contributed by atoms with E-state index in [1.807, 2.05) is 41.6 Å². The van der Waals surface area contributed by atoms with Gasteiger partial charge in [-0.1, -0.05) is 24.3 Å². The summed E-state index contributed by atoms with van der Waals surface area (Å²) in [4.78, 5) is 22.3. The monoisotopic (exact) mass is 364 g/mol. The van der Waals surface area contributed by atoms with E-state index in [2.05, 4.69) is 34.6 Å². The lowest BCUT2D eigenvalue weighted by Gasteiger charge is -2.39. The van der Waals surface area contributed by atoms with Crippen molar-refractivity contribution >= 4 is 23.5 Å². The SMILES string of the molecule is CSc1cccc(N2C(=O)N(Cc3cccnc3)CC3=C2NCC=C3)c1. The Hall–Kier alpha value is -2.73. The molecule has 26 heavy (non-hydrogen) atoms. The quantitative estimate of drug-likeness (QED) is 0.842. The first kappa shape index (κ1) is 16.7. The number of benzene rings is 1. The Balaban J connectivity index is 1.72. The molecule has 6 heteroatoms. The molecule has 0 saturated heterocycles. The van der Waals surface area contributed by atoms with Gasteiger partial charge in [0.2, 0.25) is 0 Å². The van der Waals surface area contributed by atoms with Crippen LogP contribution in [0.2, 0.25) is 0 Å². The van der Waals surface area contributed by atoms with Crippen molar-refractivity contribution in [3.63, 3.8) is 0 Å². The molecule has 1 aromatic heterocycles. The molecule has 0 radical (unpaired) electrons. The minimum absolute atomic E-state index is 0.0198. The van der Waals surface area contributed by atoms with E-state index in [1.165, 1.54) is 0 Å². The van der Waals surface area contributed by atoms with Crippen molar-refractivity contribution in [2.24, 2.45) is 0 Å². The summed E-state index contributed by atoms with van der Waals surface area (Å²) in [6, 6.07) is 12.0. The minimum Gasteiger partial charge on any atom is -0.367 e. The van der Waals surface area contributed by atoms with E-state index in [0.717, 1.165) is 34.1 Å².